The number of rotatable bonds is 6. The molecule has 0 aliphatic heterocycles. The second-order valence-corrected chi connectivity index (χ2v) is 9.21. The molecule has 1 saturated carbocycles. The summed E-state index contributed by atoms with van der Waals surface area (Å²) in [6, 6.07) is 19.5. The van der Waals surface area contributed by atoms with Gasteiger partial charge in [0.2, 0.25) is 0 Å². The molecule has 3 aromatic rings. The summed E-state index contributed by atoms with van der Waals surface area (Å²) in [7, 11) is 0. The minimum atomic E-state index is -0.313. The number of aromatic nitrogens is 1. The number of hydrogen-bond donors (Lipinski definition) is 1. The molecular formula is C29H36N2O. The van der Waals surface area contributed by atoms with Crippen molar-refractivity contribution < 1.29 is 4.79 Å². The SMILES string of the molecule is CCCc1c(-c2ccc(-c3ccccc3)cc2)c(C(N)=O)c(C)n1C1CCCCCCC1. The van der Waals surface area contributed by atoms with Crippen LogP contribution in [-0.4, -0.2) is 10.5 Å². The zero-order chi connectivity index (χ0) is 22.5. The summed E-state index contributed by atoms with van der Waals surface area (Å²) in [5.41, 5.74) is 13.6. The summed E-state index contributed by atoms with van der Waals surface area (Å²) >= 11 is 0. The molecule has 3 nitrogen and oxygen atoms in total. The van der Waals surface area contributed by atoms with Gasteiger partial charge in [0, 0.05) is 23.0 Å². The Morgan fingerprint density at radius 1 is 0.875 bits per heavy atom. The lowest BCUT2D eigenvalue weighted by molar-refractivity contribution is 0.1000. The number of carbonyl (C=O) groups excluding carboxylic acids is 1. The highest BCUT2D eigenvalue weighted by Crippen LogP contribution is 2.39. The van der Waals surface area contributed by atoms with Gasteiger partial charge in [0.15, 0.2) is 0 Å². The topological polar surface area (TPSA) is 48.0 Å². The maximum atomic E-state index is 12.7. The van der Waals surface area contributed by atoms with Gasteiger partial charge < -0.3 is 10.3 Å². The summed E-state index contributed by atoms with van der Waals surface area (Å²) in [5.74, 6) is -0.313. The average Bonchev–Trinajstić information content (AvgIpc) is 3.07. The summed E-state index contributed by atoms with van der Waals surface area (Å²) in [5, 5.41) is 0. The Morgan fingerprint density at radius 2 is 1.44 bits per heavy atom. The van der Waals surface area contributed by atoms with E-state index in [1.807, 2.05) is 6.07 Å². The normalized spacial score (nSPS) is 15.3. The molecule has 1 aliphatic carbocycles. The molecule has 168 valence electrons. The molecule has 0 saturated heterocycles. The third kappa shape index (κ3) is 4.53. The van der Waals surface area contributed by atoms with Crippen LogP contribution in [0.1, 0.15) is 86.1 Å². The maximum absolute atomic E-state index is 12.7. The van der Waals surface area contributed by atoms with E-state index in [2.05, 4.69) is 66.9 Å². The Morgan fingerprint density at radius 3 is 2.03 bits per heavy atom. The van der Waals surface area contributed by atoms with E-state index < -0.39 is 0 Å². The molecule has 4 rings (SSSR count). The van der Waals surface area contributed by atoms with Crippen molar-refractivity contribution in [2.45, 2.75) is 77.7 Å². The first-order chi connectivity index (χ1) is 15.6. The van der Waals surface area contributed by atoms with Crippen LogP contribution in [0.3, 0.4) is 0 Å². The van der Waals surface area contributed by atoms with Crippen LogP contribution in [0.15, 0.2) is 54.6 Å². The first-order valence-corrected chi connectivity index (χ1v) is 12.3. The predicted molar refractivity (Wildman–Crippen MR) is 134 cm³/mol. The monoisotopic (exact) mass is 428 g/mol. The number of hydrogen-bond acceptors (Lipinski definition) is 1. The van der Waals surface area contributed by atoms with Crippen molar-refractivity contribution in [3.8, 4) is 22.3 Å². The molecule has 0 bridgehead atoms. The summed E-state index contributed by atoms with van der Waals surface area (Å²) in [6.07, 6.45) is 10.9. The zero-order valence-corrected chi connectivity index (χ0v) is 19.6. The van der Waals surface area contributed by atoms with Gasteiger partial charge in [-0.25, -0.2) is 0 Å². The van der Waals surface area contributed by atoms with E-state index >= 15 is 0 Å². The molecule has 3 heteroatoms. The lowest BCUT2D eigenvalue weighted by atomic mass is 9.95. The van der Waals surface area contributed by atoms with Crippen LogP contribution < -0.4 is 5.73 Å². The van der Waals surface area contributed by atoms with Crippen molar-refractivity contribution >= 4 is 5.91 Å². The number of primary amides is 1. The molecule has 1 heterocycles. The summed E-state index contributed by atoms with van der Waals surface area (Å²) < 4.78 is 2.50. The van der Waals surface area contributed by atoms with E-state index in [9.17, 15) is 4.79 Å². The minimum Gasteiger partial charge on any atom is -0.366 e. The Hall–Kier alpha value is -2.81. The zero-order valence-electron chi connectivity index (χ0n) is 19.6. The van der Waals surface area contributed by atoms with Gasteiger partial charge >= 0.3 is 0 Å². The van der Waals surface area contributed by atoms with Crippen molar-refractivity contribution in [3.05, 3.63) is 71.5 Å². The van der Waals surface area contributed by atoms with E-state index in [1.54, 1.807) is 0 Å². The van der Waals surface area contributed by atoms with Crippen molar-refractivity contribution in [1.29, 1.82) is 0 Å². The molecule has 1 fully saturated rings. The maximum Gasteiger partial charge on any atom is 0.251 e. The number of carbonyl (C=O) groups is 1. The molecule has 2 aromatic carbocycles. The van der Waals surface area contributed by atoms with E-state index in [-0.39, 0.29) is 5.91 Å². The van der Waals surface area contributed by atoms with Crippen LogP contribution >= 0.6 is 0 Å². The molecule has 0 radical (unpaired) electrons. The second kappa shape index (κ2) is 10.2. The first kappa shape index (κ1) is 22.4. The van der Waals surface area contributed by atoms with Crippen LogP contribution in [0.5, 0.6) is 0 Å². The number of nitrogens with two attached hydrogens (primary N) is 1. The standard InChI is InChI=1S/C29H36N2O/c1-3-12-26-28(24-19-17-23(18-20-24)22-13-8-7-9-14-22)27(29(30)32)21(2)31(26)25-15-10-5-4-6-11-16-25/h7-9,13-14,17-20,25H,3-6,10-12,15-16H2,1-2H3,(H2,30,32). The lowest BCUT2D eigenvalue weighted by Gasteiger charge is -2.26. The molecule has 0 atom stereocenters. The molecule has 1 aliphatic rings. The van der Waals surface area contributed by atoms with Crippen molar-refractivity contribution in [1.82, 2.24) is 4.57 Å². The van der Waals surface area contributed by atoms with Crippen LogP contribution in [0, 0.1) is 6.92 Å². The number of nitrogens with zero attached hydrogens (tertiary/aromatic N) is 1. The summed E-state index contributed by atoms with van der Waals surface area (Å²) in [6.45, 7) is 4.32. The fraction of sp³-hybridized carbons (Fsp3) is 0.414. The average molecular weight is 429 g/mol. The molecule has 1 aromatic heterocycles. The van der Waals surface area contributed by atoms with Gasteiger partial charge in [0.1, 0.15) is 0 Å². The van der Waals surface area contributed by atoms with Crippen LogP contribution in [0.4, 0.5) is 0 Å². The molecule has 0 unspecified atom stereocenters. The van der Waals surface area contributed by atoms with Gasteiger partial charge in [-0.2, -0.15) is 0 Å². The number of amides is 1. The third-order valence-electron chi connectivity index (χ3n) is 7.01. The van der Waals surface area contributed by atoms with Gasteiger partial charge in [0.05, 0.1) is 5.56 Å². The van der Waals surface area contributed by atoms with Gasteiger partial charge in [-0.15, -0.1) is 0 Å². The minimum absolute atomic E-state index is 0.313. The predicted octanol–water partition coefficient (Wildman–Crippen LogP) is 7.47. The first-order valence-electron chi connectivity index (χ1n) is 12.3. The van der Waals surface area contributed by atoms with Crippen molar-refractivity contribution in [2.24, 2.45) is 5.73 Å². The van der Waals surface area contributed by atoms with Gasteiger partial charge in [-0.1, -0.05) is 100 Å². The Kier molecular flexibility index (Phi) is 7.14. The van der Waals surface area contributed by atoms with E-state index in [0.717, 1.165) is 29.7 Å². The fourth-order valence-electron chi connectivity index (χ4n) is 5.51. The van der Waals surface area contributed by atoms with E-state index in [4.69, 9.17) is 5.73 Å². The summed E-state index contributed by atoms with van der Waals surface area (Å²) in [4.78, 5) is 12.7. The molecule has 1 amide bonds. The highest BCUT2D eigenvalue weighted by Gasteiger charge is 2.28. The molecule has 2 N–H and O–H groups in total. The quantitative estimate of drug-likeness (QED) is 0.435. The number of benzene rings is 2. The van der Waals surface area contributed by atoms with E-state index in [0.29, 0.717) is 11.6 Å². The van der Waals surface area contributed by atoms with E-state index in [1.165, 1.54) is 61.8 Å². The van der Waals surface area contributed by atoms with Crippen molar-refractivity contribution in [3.63, 3.8) is 0 Å². The van der Waals surface area contributed by atoms with Gasteiger partial charge in [-0.3, -0.25) is 4.79 Å². The van der Waals surface area contributed by atoms with Crippen molar-refractivity contribution in [2.75, 3.05) is 0 Å². The fourth-order valence-corrected chi connectivity index (χ4v) is 5.51. The highest BCUT2D eigenvalue weighted by atomic mass is 16.1. The largest absolute Gasteiger partial charge is 0.366 e. The Bertz CT molecular complexity index is 1040. The molecular weight excluding hydrogens is 392 g/mol. The lowest BCUT2D eigenvalue weighted by Crippen LogP contribution is -2.17. The Balaban J connectivity index is 1.82. The third-order valence-corrected chi connectivity index (χ3v) is 7.01. The molecule has 0 spiro atoms. The highest BCUT2D eigenvalue weighted by molar-refractivity contribution is 6.02. The second-order valence-electron chi connectivity index (χ2n) is 9.21. The van der Waals surface area contributed by atoms with Crippen LogP contribution in [0.2, 0.25) is 0 Å². The van der Waals surface area contributed by atoms with Crippen LogP contribution in [-0.2, 0) is 6.42 Å². The Labute approximate surface area is 192 Å². The van der Waals surface area contributed by atoms with Gasteiger partial charge in [0.25, 0.3) is 5.91 Å². The molecule has 32 heavy (non-hydrogen) atoms. The van der Waals surface area contributed by atoms with Crippen LogP contribution in [0.25, 0.3) is 22.3 Å². The smallest absolute Gasteiger partial charge is 0.251 e. The van der Waals surface area contributed by atoms with Gasteiger partial charge in [-0.05, 0) is 42.9 Å².